The average Bonchev–Trinajstić information content (AvgIpc) is 3.03. The van der Waals surface area contributed by atoms with Gasteiger partial charge in [0.1, 0.15) is 5.75 Å². The number of aliphatic imine (C=N–C) groups is 1. The number of benzene rings is 2. The van der Waals surface area contributed by atoms with Crippen LogP contribution in [0.3, 0.4) is 0 Å². The summed E-state index contributed by atoms with van der Waals surface area (Å²) in [7, 11) is 1.56. The van der Waals surface area contributed by atoms with Crippen molar-refractivity contribution in [2.45, 2.75) is 13.8 Å². The maximum atomic E-state index is 12.2. The number of rotatable bonds is 5. The third-order valence-corrected chi connectivity index (χ3v) is 3.74. The lowest BCUT2D eigenvalue weighted by atomic mass is 10.1. The fourth-order valence-electron chi connectivity index (χ4n) is 2.51. The number of cyclic esters (lactones) is 1. The van der Waals surface area contributed by atoms with Crippen molar-refractivity contribution < 1.29 is 33.3 Å². The summed E-state index contributed by atoms with van der Waals surface area (Å²) < 4.78 is 20.4. The summed E-state index contributed by atoms with van der Waals surface area (Å²) in [5, 5.41) is 0. The molecule has 0 aromatic heterocycles. The van der Waals surface area contributed by atoms with Gasteiger partial charge in [-0.15, -0.1) is 0 Å². The largest absolute Gasteiger partial charge is 0.497 e. The highest BCUT2D eigenvalue weighted by Crippen LogP contribution is 2.30. The zero-order valence-corrected chi connectivity index (χ0v) is 15.9. The normalized spacial score (nSPS) is 14.2. The summed E-state index contributed by atoms with van der Waals surface area (Å²) in [6, 6.07) is 11.4. The Hall–Kier alpha value is -3.94. The molecule has 2 aromatic rings. The summed E-state index contributed by atoms with van der Waals surface area (Å²) in [5.74, 6) is -0.783. The van der Waals surface area contributed by atoms with Gasteiger partial charge >= 0.3 is 17.9 Å². The second-order valence-electron chi connectivity index (χ2n) is 5.96. The van der Waals surface area contributed by atoms with Crippen molar-refractivity contribution in [3.8, 4) is 17.2 Å². The van der Waals surface area contributed by atoms with Crippen LogP contribution in [0.15, 0.2) is 53.2 Å². The zero-order chi connectivity index (χ0) is 21.0. The predicted octanol–water partition coefficient (Wildman–Crippen LogP) is 2.89. The molecule has 2 aromatic carbocycles. The van der Waals surface area contributed by atoms with Gasteiger partial charge in [-0.3, -0.25) is 9.59 Å². The first-order valence-electron chi connectivity index (χ1n) is 8.53. The number of ether oxygens (including phenoxy) is 4. The van der Waals surface area contributed by atoms with Gasteiger partial charge in [0.05, 0.1) is 7.11 Å². The Balaban J connectivity index is 1.91. The molecule has 8 nitrogen and oxygen atoms in total. The van der Waals surface area contributed by atoms with Crippen LogP contribution in [-0.4, -0.2) is 30.9 Å². The van der Waals surface area contributed by atoms with Crippen LogP contribution < -0.4 is 14.2 Å². The Morgan fingerprint density at radius 1 is 0.966 bits per heavy atom. The van der Waals surface area contributed by atoms with Crippen molar-refractivity contribution >= 4 is 29.9 Å². The van der Waals surface area contributed by atoms with Gasteiger partial charge in [-0.2, -0.15) is 0 Å². The SMILES string of the molecule is COc1ccc(C2=N/C(=C/c3ccc(OC(C)=O)c(OC(C)=O)c3)C(=O)O2)cc1. The molecule has 3 rings (SSSR count). The molecule has 1 aliphatic heterocycles. The van der Waals surface area contributed by atoms with Crippen molar-refractivity contribution in [2.24, 2.45) is 4.99 Å². The number of nitrogens with zero attached hydrogens (tertiary/aromatic N) is 1. The molecule has 1 aliphatic rings. The number of methoxy groups -OCH3 is 1. The Bertz CT molecular complexity index is 1040. The van der Waals surface area contributed by atoms with E-state index in [-0.39, 0.29) is 23.1 Å². The third kappa shape index (κ3) is 4.86. The Morgan fingerprint density at radius 2 is 1.62 bits per heavy atom. The molecule has 148 valence electrons. The highest BCUT2D eigenvalue weighted by molar-refractivity contribution is 6.12. The van der Waals surface area contributed by atoms with Crippen molar-refractivity contribution in [2.75, 3.05) is 7.11 Å². The summed E-state index contributed by atoms with van der Waals surface area (Å²) in [6.07, 6.45) is 1.48. The summed E-state index contributed by atoms with van der Waals surface area (Å²) in [4.78, 5) is 38.9. The van der Waals surface area contributed by atoms with E-state index in [4.69, 9.17) is 18.9 Å². The molecule has 0 bridgehead atoms. The lowest BCUT2D eigenvalue weighted by Crippen LogP contribution is -2.07. The van der Waals surface area contributed by atoms with E-state index in [9.17, 15) is 14.4 Å². The van der Waals surface area contributed by atoms with Crippen molar-refractivity contribution in [3.05, 3.63) is 59.3 Å². The summed E-state index contributed by atoms with van der Waals surface area (Å²) in [6.45, 7) is 2.46. The van der Waals surface area contributed by atoms with Crippen molar-refractivity contribution in [1.82, 2.24) is 0 Å². The van der Waals surface area contributed by atoms with Crippen molar-refractivity contribution in [3.63, 3.8) is 0 Å². The second kappa shape index (κ2) is 8.39. The lowest BCUT2D eigenvalue weighted by Gasteiger charge is -2.09. The highest BCUT2D eigenvalue weighted by atomic mass is 16.6. The van der Waals surface area contributed by atoms with E-state index in [1.807, 2.05) is 0 Å². The van der Waals surface area contributed by atoms with Crippen LogP contribution in [0.2, 0.25) is 0 Å². The molecule has 1 heterocycles. The standard InChI is InChI=1S/C21H17NO7/c1-12(23)27-18-9-4-14(11-19(18)28-13(2)24)10-17-21(25)29-20(22-17)15-5-7-16(26-3)8-6-15/h4-11H,1-3H3/b17-10+. The Morgan fingerprint density at radius 3 is 2.24 bits per heavy atom. The fraction of sp³-hybridized carbons (Fsp3) is 0.143. The molecule has 0 N–H and O–H groups in total. The van der Waals surface area contributed by atoms with E-state index in [0.29, 0.717) is 16.9 Å². The molecular weight excluding hydrogens is 378 g/mol. The van der Waals surface area contributed by atoms with Crippen LogP contribution in [0.5, 0.6) is 17.2 Å². The maximum Gasteiger partial charge on any atom is 0.363 e. The van der Waals surface area contributed by atoms with E-state index in [1.165, 1.54) is 32.1 Å². The quantitative estimate of drug-likeness (QED) is 0.436. The van der Waals surface area contributed by atoms with Crippen LogP contribution in [0.25, 0.3) is 6.08 Å². The molecule has 0 fully saturated rings. The molecular formula is C21H17NO7. The number of hydrogen-bond donors (Lipinski definition) is 0. The van der Waals surface area contributed by atoms with Crippen molar-refractivity contribution in [1.29, 1.82) is 0 Å². The van der Waals surface area contributed by atoms with Gasteiger partial charge in [0.15, 0.2) is 17.2 Å². The van der Waals surface area contributed by atoms with Gasteiger partial charge in [0.2, 0.25) is 5.90 Å². The molecule has 0 radical (unpaired) electrons. The third-order valence-electron chi connectivity index (χ3n) is 3.74. The first-order chi connectivity index (χ1) is 13.9. The first kappa shape index (κ1) is 19.8. The smallest absolute Gasteiger partial charge is 0.363 e. The van der Waals surface area contributed by atoms with Crippen LogP contribution in [0.4, 0.5) is 0 Å². The van der Waals surface area contributed by atoms with Gasteiger partial charge in [-0.25, -0.2) is 9.79 Å². The Labute approximate surface area is 166 Å². The van der Waals surface area contributed by atoms with Gasteiger partial charge in [0, 0.05) is 19.4 Å². The van der Waals surface area contributed by atoms with E-state index in [0.717, 1.165) is 0 Å². The molecule has 0 amide bonds. The lowest BCUT2D eigenvalue weighted by molar-refractivity contribution is -0.134. The van der Waals surface area contributed by atoms with Crippen LogP contribution >= 0.6 is 0 Å². The zero-order valence-electron chi connectivity index (χ0n) is 15.9. The molecule has 8 heteroatoms. The van der Waals surface area contributed by atoms with Crippen LogP contribution in [0.1, 0.15) is 25.0 Å². The van der Waals surface area contributed by atoms with Gasteiger partial charge in [-0.1, -0.05) is 6.07 Å². The monoisotopic (exact) mass is 395 g/mol. The highest BCUT2D eigenvalue weighted by Gasteiger charge is 2.24. The van der Waals surface area contributed by atoms with E-state index >= 15 is 0 Å². The van der Waals surface area contributed by atoms with Crippen LogP contribution in [0, 0.1) is 0 Å². The molecule has 0 spiro atoms. The number of carbonyl (C=O) groups excluding carboxylic acids is 3. The average molecular weight is 395 g/mol. The van der Waals surface area contributed by atoms with E-state index < -0.39 is 17.9 Å². The number of carbonyl (C=O) groups is 3. The number of hydrogen-bond acceptors (Lipinski definition) is 8. The second-order valence-corrected chi connectivity index (χ2v) is 5.96. The van der Waals surface area contributed by atoms with Gasteiger partial charge < -0.3 is 18.9 Å². The minimum absolute atomic E-state index is 0.0489. The number of esters is 3. The first-order valence-corrected chi connectivity index (χ1v) is 8.53. The minimum Gasteiger partial charge on any atom is -0.497 e. The summed E-state index contributed by atoms with van der Waals surface area (Å²) in [5.41, 5.74) is 1.20. The van der Waals surface area contributed by atoms with E-state index in [1.54, 1.807) is 37.4 Å². The molecule has 0 unspecified atom stereocenters. The minimum atomic E-state index is -0.617. The van der Waals surface area contributed by atoms with Crippen LogP contribution in [-0.2, 0) is 19.1 Å². The molecule has 29 heavy (non-hydrogen) atoms. The predicted molar refractivity (Wildman–Crippen MR) is 103 cm³/mol. The maximum absolute atomic E-state index is 12.2. The molecule has 0 aliphatic carbocycles. The fourth-order valence-corrected chi connectivity index (χ4v) is 2.51. The van der Waals surface area contributed by atoms with Gasteiger partial charge in [0.25, 0.3) is 0 Å². The summed E-state index contributed by atoms with van der Waals surface area (Å²) >= 11 is 0. The molecule has 0 saturated carbocycles. The van der Waals surface area contributed by atoms with Gasteiger partial charge in [-0.05, 0) is 48.0 Å². The Kier molecular flexibility index (Phi) is 5.73. The molecule has 0 saturated heterocycles. The molecule has 0 atom stereocenters. The van der Waals surface area contributed by atoms with E-state index in [2.05, 4.69) is 4.99 Å². The topological polar surface area (TPSA) is 100 Å².